The number of anilines is 1. The van der Waals surface area contributed by atoms with Crippen molar-refractivity contribution < 1.29 is 19.1 Å². The SMILES string of the molecule is CCCC(C)(C)NC(=O)Nc1ccc(F)cc1C(=O)O. The Labute approximate surface area is 117 Å². The summed E-state index contributed by atoms with van der Waals surface area (Å²) in [6, 6.07) is 2.68. The van der Waals surface area contributed by atoms with E-state index in [2.05, 4.69) is 10.6 Å². The first-order valence-electron chi connectivity index (χ1n) is 6.37. The van der Waals surface area contributed by atoms with Gasteiger partial charge in [-0.05, 0) is 38.5 Å². The first kappa shape index (κ1) is 15.9. The average molecular weight is 282 g/mol. The number of urea groups is 1. The fourth-order valence-electron chi connectivity index (χ4n) is 1.95. The third-order valence-corrected chi connectivity index (χ3v) is 2.79. The van der Waals surface area contributed by atoms with E-state index in [0.29, 0.717) is 0 Å². The maximum atomic E-state index is 13.0. The van der Waals surface area contributed by atoms with Crippen molar-refractivity contribution in [3.63, 3.8) is 0 Å². The van der Waals surface area contributed by atoms with Gasteiger partial charge in [0.2, 0.25) is 0 Å². The van der Waals surface area contributed by atoms with Crippen LogP contribution in [0.1, 0.15) is 44.0 Å². The second-order valence-corrected chi connectivity index (χ2v) is 5.21. The van der Waals surface area contributed by atoms with Gasteiger partial charge in [0.25, 0.3) is 0 Å². The topological polar surface area (TPSA) is 78.4 Å². The Kier molecular flexibility index (Phi) is 5.07. The highest BCUT2D eigenvalue weighted by atomic mass is 19.1. The molecule has 0 radical (unpaired) electrons. The molecule has 6 heteroatoms. The van der Waals surface area contributed by atoms with E-state index < -0.39 is 23.4 Å². The Bertz CT molecular complexity index is 515. The fourth-order valence-corrected chi connectivity index (χ4v) is 1.95. The van der Waals surface area contributed by atoms with E-state index in [0.717, 1.165) is 25.0 Å². The lowest BCUT2D eigenvalue weighted by Crippen LogP contribution is -2.45. The summed E-state index contributed by atoms with van der Waals surface area (Å²) in [6.07, 6.45) is 1.69. The highest BCUT2D eigenvalue weighted by Crippen LogP contribution is 2.18. The lowest BCUT2D eigenvalue weighted by Gasteiger charge is -2.26. The van der Waals surface area contributed by atoms with Crippen LogP contribution in [0.25, 0.3) is 0 Å². The number of hydrogen-bond donors (Lipinski definition) is 3. The number of hydrogen-bond acceptors (Lipinski definition) is 2. The van der Waals surface area contributed by atoms with E-state index in [1.807, 2.05) is 20.8 Å². The molecule has 0 spiro atoms. The normalized spacial score (nSPS) is 11.0. The number of halogens is 1. The van der Waals surface area contributed by atoms with E-state index in [-0.39, 0.29) is 11.3 Å². The first-order chi connectivity index (χ1) is 9.25. The zero-order valence-corrected chi connectivity index (χ0v) is 11.8. The van der Waals surface area contributed by atoms with Crippen molar-refractivity contribution in [1.82, 2.24) is 5.32 Å². The summed E-state index contributed by atoms with van der Waals surface area (Å²) in [6.45, 7) is 5.75. The van der Waals surface area contributed by atoms with Gasteiger partial charge < -0.3 is 15.7 Å². The van der Waals surface area contributed by atoms with Crippen LogP contribution in [0.2, 0.25) is 0 Å². The van der Waals surface area contributed by atoms with Crippen molar-refractivity contribution in [2.24, 2.45) is 0 Å². The maximum absolute atomic E-state index is 13.0. The lowest BCUT2D eigenvalue weighted by molar-refractivity contribution is 0.0697. The summed E-state index contributed by atoms with van der Waals surface area (Å²) in [4.78, 5) is 22.9. The van der Waals surface area contributed by atoms with Gasteiger partial charge in [-0.15, -0.1) is 0 Å². The van der Waals surface area contributed by atoms with Crippen LogP contribution in [0.5, 0.6) is 0 Å². The molecule has 0 aromatic heterocycles. The second-order valence-electron chi connectivity index (χ2n) is 5.21. The molecule has 5 nitrogen and oxygen atoms in total. The van der Waals surface area contributed by atoms with E-state index in [1.165, 1.54) is 6.07 Å². The van der Waals surface area contributed by atoms with Gasteiger partial charge in [0.15, 0.2) is 0 Å². The molecule has 3 N–H and O–H groups in total. The van der Waals surface area contributed by atoms with Crippen molar-refractivity contribution >= 4 is 17.7 Å². The minimum absolute atomic E-state index is 0.0590. The summed E-state index contributed by atoms with van der Waals surface area (Å²) >= 11 is 0. The van der Waals surface area contributed by atoms with E-state index in [1.54, 1.807) is 0 Å². The summed E-state index contributed by atoms with van der Waals surface area (Å²) in [7, 11) is 0. The number of benzene rings is 1. The molecule has 0 heterocycles. The Morgan fingerprint density at radius 2 is 2.00 bits per heavy atom. The summed E-state index contributed by atoms with van der Waals surface area (Å²) in [5.74, 6) is -1.97. The van der Waals surface area contributed by atoms with Crippen molar-refractivity contribution in [3.8, 4) is 0 Å². The number of rotatable bonds is 5. The molecule has 0 saturated heterocycles. The quantitative estimate of drug-likeness (QED) is 0.775. The number of carboxylic acid groups (broad SMARTS) is 1. The van der Waals surface area contributed by atoms with Crippen LogP contribution >= 0.6 is 0 Å². The van der Waals surface area contributed by atoms with Crippen molar-refractivity contribution in [3.05, 3.63) is 29.6 Å². The molecule has 1 rings (SSSR count). The molecule has 1 aromatic carbocycles. The van der Waals surface area contributed by atoms with Crippen LogP contribution in [0.3, 0.4) is 0 Å². The van der Waals surface area contributed by atoms with Gasteiger partial charge in [0, 0.05) is 5.54 Å². The van der Waals surface area contributed by atoms with Crippen molar-refractivity contribution in [1.29, 1.82) is 0 Å². The van der Waals surface area contributed by atoms with Crippen LogP contribution < -0.4 is 10.6 Å². The smallest absolute Gasteiger partial charge is 0.337 e. The highest BCUT2D eigenvalue weighted by Gasteiger charge is 2.20. The Balaban J connectivity index is 2.83. The molecule has 110 valence electrons. The number of carboxylic acids is 1. The first-order valence-corrected chi connectivity index (χ1v) is 6.37. The predicted octanol–water partition coefficient (Wildman–Crippen LogP) is 3.22. The minimum atomic E-state index is -1.30. The molecule has 0 aliphatic rings. The molecule has 0 atom stereocenters. The second kappa shape index (κ2) is 6.36. The van der Waals surface area contributed by atoms with Gasteiger partial charge in [-0.1, -0.05) is 13.3 Å². The summed E-state index contributed by atoms with van der Waals surface area (Å²) in [5.41, 5.74) is -0.625. The van der Waals surface area contributed by atoms with Gasteiger partial charge in [0.05, 0.1) is 11.3 Å². The molecule has 2 amide bonds. The van der Waals surface area contributed by atoms with E-state index in [4.69, 9.17) is 5.11 Å². The monoisotopic (exact) mass is 282 g/mol. The van der Waals surface area contributed by atoms with Crippen LogP contribution in [0.15, 0.2) is 18.2 Å². The van der Waals surface area contributed by atoms with Crippen LogP contribution in [0.4, 0.5) is 14.9 Å². The van der Waals surface area contributed by atoms with E-state index in [9.17, 15) is 14.0 Å². The van der Waals surface area contributed by atoms with Crippen LogP contribution in [-0.2, 0) is 0 Å². The number of nitrogens with one attached hydrogen (secondary N) is 2. The largest absolute Gasteiger partial charge is 0.478 e. The van der Waals surface area contributed by atoms with E-state index >= 15 is 0 Å². The third-order valence-electron chi connectivity index (χ3n) is 2.79. The Morgan fingerprint density at radius 1 is 1.35 bits per heavy atom. The minimum Gasteiger partial charge on any atom is -0.478 e. The Morgan fingerprint density at radius 3 is 2.55 bits per heavy atom. The van der Waals surface area contributed by atoms with Crippen LogP contribution in [0, 0.1) is 5.82 Å². The van der Waals surface area contributed by atoms with Gasteiger partial charge in [-0.25, -0.2) is 14.0 Å². The van der Waals surface area contributed by atoms with Crippen LogP contribution in [-0.4, -0.2) is 22.6 Å². The number of carbonyl (C=O) groups excluding carboxylic acids is 1. The molecule has 0 aliphatic heterocycles. The lowest BCUT2D eigenvalue weighted by atomic mass is 9.99. The molecule has 1 aromatic rings. The van der Waals surface area contributed by atoms with Crippen molar-refractivity contribution in [2.45, 2.75) is 39.2 Å². The third kappa shape index (κ3) is 4.53. The molecular formula is C14H19FN2O3. The zero-order valence-electron chi connectivity index (χ0n) is 11.8. The molecule has 0 saturated carbocycles. The Hall–Kier alpha value is -2.11. The average Bonchev–Trinajstić information content (AvgIpc) is 2.30. The summed E-state index contributed by atoms with van der Waals surface area (Å²) < 4.78 is 13.0. The molecule has 0 bridgehead atoms. The molecule has 0 unspecified atom stereocenters. The molecule has 0 fully saturated rings. The van der Waals surface area contributed by atoms with Crippen molar-refractivity contribution in [2.75, 3.05) is 5.32 Å². The summed E-state index contributed by atoms with van der Waals surface area (Å²) in [5, 5.41) is 14.2. The highest BCUT2D eigenvalue weighted by molar-refractivity contribution is 6.00. The fraction of sp³-hybridized carbons (Fsp3) is 0.429. The van der Waals surface area contributed by atoms with Gasteiger partial charge >= 0.3 is 12.0 Å². The van der Waals surface area contributed by atoms with Gasteiger partial charge in [-0.2, -0.15) is 0 Å². The number of carbonyl (C=O) groups is 2. The standard InChI is InChI=1S/C14H19FN2O3/c1-4-7-14(2,3)17-13(20)16-11-6-5-9(15)8-10(11)12(18)19/h5-6,8H,4,7H2,1-3H3,(H,18,19)(H2,16,17,20). The maximum Gasteiger partial charge on any atom is 0.337 e. The van der Waals surface area contributed by atoms with Gasteiger partial charge in [-0.3, -0.25) is 0 Å². The molecular weight excluding hydrogens is 263 g/mol. The number of amides is 2. The predicted molar refractivity (Wildman–Crippen MR) is 74.5 cm³/mol. The zero-order chi connectivity index (χ0) is 15.3. The molecule has 0 aliphatic carbocycles. The molecule has 20 heavy (non-hydrogen) atoms. The van der Waals surface area contributed by atoms with Gasteiger partial charge in [0.1, 0.15) is 5.82 Å². The number of aromatic carboxylic acids is 1.